The van der Waals surface area contributed by atoms with E-state index in [1.165, 1.54) is 6.07 Å². The number of rotatable bonds is 3. The number of aromatic nitrogens is 2. The number of hydrogen-bond donors (Lipinski definition) is 2. The fraction of sp³-hybridized carbons (Fsp3) is 0.182. The van der Waals surface area contributed by atoms with Gasteiger partial charge >= 0.3 is 5.97 Å². The van der Waals surface area contributed by atoms with E-state index in [-0.39, 0.29) is 24.2 Å². The summed E-state index contributed by atoms with van der Waals surface area (Å²) in [7, 11) is 0. The van der Waals surface area contributed by atoms with Crippen molar-refractivity contribution in [3.05, 3.63) is 39.9 Å². The van der Waals surface area contributed by atoms with Crippen LogP contribution in [0.3, 0.4) is 0 Å². The maximum absolute atomic E-state index is 13.4. The molecule has 2 N–H and O–H groups in total. The summed E-state index contributed by atoms with van der Waals surface area (Å²) in [5.74, 6) is -3.30. The number of nitrogens with one attached hydrogen (secondary N) is 1. The lowest BCUT2D eigenvalue weighted by molar-refractivity contribution is -0.137. The second kappa shape index (κ2) is 4.52. The van der Waals surface area contributed by atoms with Crippen LogP contribution in [0, 0.1) is 11.6 Å². The lowest BCUT2D eigenvalue weighted by Crippen LogP contribution is -2.14. The number of benzene rings is 1. The highest BCUT2D eigenvalue weighted by atomic mass is 19.2. The Hall–Kier alpha value is -2.31. The van der Waals surface area contributed by atoms with Crippen molar-refractivity contribution in [2.75, 3.05) is 0 Å². The van der Waals surface area contributed by atoms with E-state index < -0.39 is 28.5 Å². The molecular formula is C11H8F2N2O3. The fourth-order valence-electron chi connectivity index (χ4n) is 1.56. The Morgan fingerprint density at radius 1 is 1.39 bits per heavy atom. The lowest BCUT2D eigenvalue weighted by Gasteiger charge is -2.02. The second-order valence-corrected chi connectivity index (χ2v) is 3.66. The van der Waals surface area contributed by atoms with Crippen LogP contribution < -0.4 is 5.56 Å². The lowest BCUT2D eigenvalue weighted by atomic mass is 10.2. The van der Waals surface area contributed by atoms with E-state index in [9.17, 15) is 18.4 Å². The van der Waals surface area contributed by atoms with E-state index in [2.05, 4.69) is 9.97 Å². The molecule has 18 heavy (non-hydrogen) atoms. The summed E-state index contributed by atoms with van der Waals surface area (Å²) < 4.78 is 26.3. The van der Waals surface area contributed by atoms with Gasteiger partial charge in [0.1, 0.15) is 11.2 Å². The predicted octanol–water partition coefficient (Wildman–Crippen LogP) is 1.22. The van der Waals surface area contributed by atoms with Crippen molar-refractivity contribution in [2.45, 2.75) is 12.8 Å². The molecule has 0 aliphatic heterocycles. The van der Waals surface area contributed by atoms with Crippen LogP contribution >= 0.6 is 0 Å². The molecule has 0 saturated carbocycles. The summed E-state index contributed by atoms with van der Waals surface area (Å²) in [6.07, 6.45) is -0.197. The Kier molecular flexibility index (Phi) is 3.05. The number of halogens is 2. The van der Waals surface area contributed by atoms with Gasteiger partial charge in [-0.3, -0.25) is 9.59 Å². The van der Waals surface area contributed by atoms with E-state index >= 15 is 0 Å². The SMILES string of the molecule is O=C(O)CCc1nc2ccc(F)c(F)c2c(=O)[nH]1. The minimum Gasteiger partial charge on any atom is -0.481 e. The number of nitrogens with zero attached hydrogens (tertiary/aromatic N) is 1. The number of carboxylic acid groups (broad SMARTS) is 1. The van der Waals surface area contributed by atoms with Gasteiger partial charge in [0.15, 0.2) is 11.6 Å². The molecule has 2 aromatic rings. The first-order chi connectivity index (χ1) is 8.49. The van der Waals surface area contributed by atoms with Crippen molar-refractivity contribution in [1.82, 2.24) is 9.97 Å². The molecular weight excluding hydrogens is 246 g/mol. The van der Waals surface area contributed by atoms with Gasteiger partial charge in [0.05, 0.1) is 11.9 Å². The van der Waals surface area contributed by atoms with E-state index in [0.717, 1.165) is 6.07 Å². The first kappa shape index (κ1) is 12.2. The quantitative estimate of drug-likeness (QED) is 0.862. The van der Waals surface area contributed by atoms with Gasteiger partial charge in [-0.05, 0) is 12.1 Å². The Morgan fingerprint density at radius 2 is 2.11 bits per heavy atom. The molecule has 0 radical (unpaired) electrons. The first-order valence-corrected chi connectivity index (χ1v) is 5.07. The zero-order valence-corrected chi connectivity index (χ0v) is 9.04. The summed E-state index contributed by atoms with van der Waals surface area (Å²) in [4.78, 5) is 28.1. The van der Waals surface area contributed by atoms with Gasteiger partial charge in [0.2, 0.25) is 0 Å². The molecule has 0 unspecified atom stereocenters. The van der Waals surface area contributed by atoms with Gasteiger partial charge in [-0.2, -0.15) is 0 Å². The average Bonchev–Trinajstić information content (AvgIpc) is 2.31. The van der Waals surface area contributed by atoms with Crippen LogP contribution in [0.15, 0.2) is 16.9 Å². The van der Waals surface area contributed by atoms with Crippen LogP contribution in [0.25, 0.3) is 10.9 Å². The smallest absolute Gasteiger partial charge is 0.303 e. The van der Waals surface area contributed by atoms with E-state index in [1.807, 2.05) is 0 Å². The number of H-pyrrole nitrogens is 1. The molecule has 0 aliphatic rings. The molecule has 0 atom stereocenters. The molecule has 5 nitrogen and oxygen atoms in total. The van der Waals surface area contributed by atoms with Crippen LogP contribution in [-0.2, 0) is 11.2 Å². The third-order valence-electron chi connectivity index (χ3n) is 2.39. The molecule has 1 aromatic carbocycles. The number of carboxylic acids is 1. The highest BCUT2D eigenvalue weighted by Crippen LogP contribution is 2.15. The number of aryl methyl sites for hydroxylation is 1. The summed E-state index contributed by atoms with van der Waals surface area (Å²) in [6.45, 7) is 0. The van der Waals surface area contributed by atoms with Gasteiger partial charge in [-0.25, -0.2) is 13.8 Å². The summed E-state index contributed by atoms with van der Waals surface area (Å²) in [5, 5.41) is 8.04. The maximum atomic E-state index is 13.4. The Morgan fingerprint density at radius 3 is 2.78 bits per heavy atom. The van der Waals surface area contributed by atoms with Crippen LogP contribution in [0.4, 0.5) is 8.78 Å². The molecule has 1 heterocycles. The summed E-state index contributed by atoms with van der Waals surface area (Å²) in [5.41, 5.74) is -0.824. The van der Waals surface area contributed by atoms with Gasteiger partial charge in [-0.15, -0.1) is 0 Å². The van der Waals surface area contributed by atoms with Crippen LogP contribution in [0.1, 0.15) is 12.2 Å². The fourth-order valence-corrected chi connectivity index (χ4v) is 1.56. The summed E-state index contributed by atoms with van der Waals surface area (Å²) in [6, 6.07) is 2.04. The highest BCUT2D eigenvalue weighted by molar-refractivity contribution is 5.78. The van der Waals surface area contributed by atoms with Gasteiger partial charge < -0.3 is 10.1 Å². The second-order valence-electron chi connectivity index (χ2n) is 3.66. The average molecular weight is 254 g/mol. The van der Waals surface area contributed by atoms with Crippen LogP contribution in [0.2, 0.25) is 0 Å². The van der Waals surface area contributed by atoms with Crippen molar-refractivity contribution >= 4 is 16.9 Å². The number of aromatic amines is 1. The van der Waals surface area contributed by atoms with Crippen LogP contribution in [0.5, 0.6) is 0 Å². The molecule has 0 bridgehead atoms. The number of carbonyl (C=O) groups is 1. The van der Waals surface area contributed by atoms with Crippen molar-refractivity contribution in [3.63, 3.8) is 0 Å². The highest BCUT2D eigenvalue weighted by Gasteiger charge is 2.13. The van der Waals surface area contributed by atoms with Gasteiger partial charge in [-0.1, -0.05) is 0 Å². The molecule has 0 fully saturated rings. The van der Waals surface area contributed by atoms with Gasteiger partial charge in [0, 0.05) is 6.42 Å². The molecule has 0 saturated heterocycles. The standard InChI is InChI=1S/C11H8F2N2O3/c12-5-1-2-6-9(10(5)13)11(18)15-7(14-6)3-4-8(16)17/h1-2H,3-4H2,(H,16,17)(H,14,15,18). The van der Waals surface area contributed by atoms with Crippen molar-refractivity contribution in [1.29, 1.82) is 0 Å². The Bertz CT molecular complexity index is 682. The molecule has 94 valence electrons. The largest absolute Gasteiger partial charge is 0.481 e. The van der Waals surface area contributed by atoms with Crippen LogP contribution in [-0.4, -0.2) is 21.0 Å². The van der Waals surface area contributed by atoms with Crippen molar-refractivity contribution < 1.29 is 18.7 Å². The molecule has 2 rings (SSSR count). The van der Waals surface area contributed by atoms with Crippen molar-refractivity contribution in [2.24, 2.45) is 0 Å². The third kappa shape index (κ3) is 2.20. The molecule has 1 aromatic heterocycles. The van der Waals surface area contributed by atoms with Crippen molar-refractivity contribution in [3.8, 4) is 0 Å². The monoisotopic (exact) mass is 254 g/mol. The zero-order valence-electron chi connectivity index (χ0n) is 9.04. The normalized spacial score (nSPS) is 10.8. The zero-order chi connectivity index (χ0) is 13.3. The molecule has 0 aliphatic carbocycles. The summed E-state index contributed by atoms with van der Waals surface area (Å²) >= 11 is 0. The maximum Gasteiger partial charge on any atom is 0.303 e. The molecule has 0 spiro atoms. The van der Waals surface area contributed by atoms with E-state index in [1.54, 1.807) is 0 Å². The number of aliphatic carboxylic acids is 1. The Balaban J connectivity index is 2.54. The molecule has 7 heteroatoms. The van der Waals surface area contributed by atoms with Gasteiger partial charge in [0.25, 0.3) is 5.56 Å². The molecule has 0 amide bonds. The third-order valence-corrected chi connectivity index (χ3v) is 2.39. The minimum atomic E-state index is -1.26. The Labute approximate surface area is 99.1 Å². The van der Waals surface area contributed by atoms with E-state index in [0.29, 0.717) is 0 Å². The van der Waals surface area contributed by atoms with E-state index in [4.69, 9.17) is 5.11 Å². The number of fused-ring (bicyclic) bond motifs is 1. The number of hydrogen-bond acceptors (Lipinski definition) is 3. The predicted molar refractivity (Wildman–Crippen MR) is 58.2 cm³/mol. The minimum absolute atomic E-state index is 0.00182. The first-order valence-electron chi connectivity index (χ1n) is 5.07. The topological polar surface area (TPSA) is 83.0 Å².